The maximum atomic E-state index is 13.2. The number of rotatable bonds is 7. The van der Waals surface area contributed by atoms with Crippen molar-refractivity contribution in [1.82, 2.24) is 25.5 Å². The highest BCUT2D eigenvalue weighted by molar-refractivity contribution is 7.51. The molecule has 35 heavy (non-hydrogen) atoms. The Hall–Kier alpha value is -2.89. The molecular formula is C22H29N6O6P. The first-order valence-electron chi connectivity index (χ1n) is 11.4. The third-order valence-corrected chi connectivity index (χ3v) is 6.76. The molecule has 1 aromatic heterocycles. The van der Waals surface area contributed by atoms with Gasteiger partial charge >= 0.3 is 7.60 Å². The Morgan fingerprint density at radius 3 is 2.49 bits per heavy atom. The van der Waals surface area contributed by atoms with E-state index in [4.69, 9.17) is 0 Å². The van der Waals surface area contributed by atoms with Crippen LogP contribution >= 0.6 is 7.60 Å². The first kappa shape index (κ1) is 25.2. The summed E-state index contributed by atoms with van der Waals surface area (Å²) < 4.78 is 11.7. The van der Waals surface area contributed by atoms with Crippen molar-refractivity contribution >= 4 is 25.2 Å². The summed E-state index contributed by atoms with van der Waals surface area (Å²) in [6, 6.07) is 9.11. The van der Waals surface area contributed by atoms with Gasteiger partial charge in [-0.3, -0.25) is 14.2 Å². The van der Waals surface area contributed by atoms with Crippen molar-refractivity contribution < 1.29 is 29.0 Å². The molecule has 2 amide bonds. The number of nitrogens with one attached hydrogen (secondary N) is 2. The molecule has 1 aromatic carbocycles. The summed E-state index contributed by atoms with van der Waals surface area (Å²) in [6.45, 7) is 2.77. The highest BCUT2D eigenvalue weighted by Crippen LogP contribution is 2.35. The second kappa shape index (κ2) is 10.8. The normalized spacial score (nSPS) is 19.5. The number of nitrogens with zero attached hydrogens (tertiary/aromatic N) is 4. The third-order valence-electron chi connectivity index (χ3n) is 5.92. The van der Waals surface area contributed by atoms with Gasteiger partial charge in [-0.2, -0.15) is 0 Å². The monoisotopic (exact) mass is 504 g/mol. The quantitative estimate of drug-likeness (QED) is 0.308. The van der Waals surface area contributed by atoms with Crippen molar-refractivity contribution in [2.75, 3.05) is 50.3 Å². The fourth-order valence-corrected chi connectivity index (χ4v) is 4.86. The van der Waals surface area contributed by atoms with Crippen molar-refractivity contribution in [2.24, 2.45) is 0 Å². The number of carbonyl (C=O) groups excluding carboxylic acids is 2. The first-order chi connectivity index (χ1) is 16.7. The standard InChI is InChI=1S/C22H29N6O6P/c29-16-6-9-28(13-16)19-12-17(24-20(26-19)15-4-2-1-3-5-15)21(30)25-18(14-35(32,33)34)22(31)27-10-7-23-8-11-27/h1-5,12,16,18,23,29H,6-11,13-14H2,(H,25,30)(H2,32,33,34). The molecule has 188 valence electrons. The summed E-state index contributed by atoms with van der Waals surface area (Å²) in [6.07, 6.45) is -0.759. The lowest BCUT2D eigenvalue weighted by atomic mass is 10.2. The van der Waals surface area contributed by atoms with Gasteiger partial charge < -0.3 is 35.3 Å². The Morgan fingerprint density at radius 2 is 1.86 bits per heavy atom. The summed E-state index contributed by atoms with van der Waals surface area (Å²) >= 11 is 0. The van der Waals surface area contributed by atoms with Gasteiger partial charge in [0, 0.05) is 50.9 Å². The molecule has 2 aromatic rings. The number of amides is 2. The molecule has 3 heterocycles. The molecule has 2 atom stereocenters. The topological polar surface area (TPSA) is 168 Å². The van der Waals surface area contributed by atoms with E-state index in [-0.39, 0.29) is 11.5 Å². The van der Waals surface area contributed by atoms with Crippen molar-refractivity contribution in [3.05, 3.63) is 42.1 Å². The number of hydrogen-bond donors (Lipinski definition) is 5. The van der Waals surface area contributed by atoms with E-state index in [1.54, 1.807) is 12.1 Å². The van der Waals surface area contributed by atoms with Crippen molar-refractivity contribution in [3.63, 3.8) is 0 Å². The lowest BCUT2D eigenvalue weighted by Gasteiger charge is -2.31. The Labute approximate surface area is 202 Å². The molecule has 5 N–H and O–H groups in total. The number of aliphatic hydroxyl groups excluding tert-OH is 1. The SMILES string of the molecule is O=C(NC(CP(=O)(O)O)C(=O)N1CCNCC1)c1cc(N2CCC(O)C2)nc(-c2ccccc2)n1. The Balaban J connectivity index is 1.63. The average Bonchev–Trinajstić information content (AvgIpc) is 3.29. The van der Waals surface area contributed by atoms with Gasteiger partial charge in [0.2, 0.25) is 5.91 Å². The molecule has 2 aliphatic rings. The number of β-amino-alcohol motifs (C(OH)–C–C–N with tert-alkyl or cyclic N) is 1. The number of piperazine rings is 1. The van der Waals surface area contributed by atoms with Crippen LogP contribution in [0.5, 0.6) is 0 Å². The summed E-state index contributed by atoms with van der Waals surface area (Å²) in [4.78, 5) is 57.6. The smallest absolute Gasteiger partial charge is 0.328 e. The molecule has 4 rings (SSSR count). The largest absolute Gasteiger partial charge is 0.391 e. The van der Waals surface area contributed by atoms with Crippen LogP contribution in [0.1, 0.15) is 16.9 Å². The van der Waals surface area contributed by atoms with Crippen LogP contribution in [0, 0.1) is 0 Å². The van der Waals surface area contributed by atoms with Crippen LogP contribution in [0.15, 0.2) is 36.4 Å². The molecule has 0 spiro atoms. The minimum Gasteiger partial charge on any atom is -0.391 e. The first-order valence-corrected chi connectivity index (χ1v) is 13.2. The minimum atomic E-state index is -4.61. The zero-order valence-corrected chi connectivity index (χ0v) is 20.0. The predicted molar refractivity (Wildman–Crippen MR) is 128 cm³/mol. The second-order valence-corrected chi connectivity index (χ2v) is 10.3. The molecule has 2 fully saturated rings. The summed E-state index contributed by atoms with van der Waals surface area (Å²) in [5.74, 6) is -0.564. The van der Waals surface area contributed by atoms with E-state index in [0.717, 1.165) is 0 Å². The highest BCUT2D eigenvalue weighted by atomic mass is 31.2. The van der Waals surface area contributed by atoms with Gasteiger partial charge in [-0.25, -0.2) is 9.97 Å². The van der Waals surface area contributed by atoms with Crippen LogP contribution in [-0.2, 0) is 9.36 Å². The van der Waals surface area contributed by atoms with Crippen LogP contribution in [0.4, 0.5) is 5.82 Å². The van der Waals surface area contributed by atoms with Gasteiger partial charge in [-0.05, 0) is 6.42 Å². The number of anilines is 1. The molecule has 13 heteroatoms. The minimum absolute atomic E-state index is 0.0425. The summed E-state index contributed by atoms with van der Waals surface area (Å²) in [5.41, 5.74) is 0.630. The maximum absolute atomic E-state index is 13.2. The van der Waals surface area contributed by atoms with Crippen LogP contribution in [0.25, 0.3) is 11.4 Å². The molecule has 2 aliphatic heterocycles. The van der Waals surface area contributed by atoms with E-state index in [1.165, 1.54) is 11.0 Å². The Kier molecular flexibility index (Phi) is 7.78. The molecule has 2 unspecified atom stereocenters. The van der Waals surface area contributed by atoms with Gasteiger partial charge in [0.15, 0.2) is 5.82 Å². The molecule has 0 saturated carbocycles. The third kappa shape index (κ3) is 6.62. The van der Waals surface area contributed by atoms with Crippen LogP contribution in [0.3, 0.4) is 0 Å². The molecule has 0 radical (unpaired) electrons. The average molecular weight is 504 g/mol. The number of hydrogen-bond acceptors (Lipinski definition) is 8. The number of benzene rings is 1. The van der Waals surface area contributed by atoms with Gasteiger partial charge in [-0.1, -0.05) is 30.3 Å². The van der Waals surface area contributed by atoms with E-state index >= 15 is 0 Å². The molecule has 0 aliphatic carbocycles. The van der Waals surface area contributed by atoms with Gasteiger partial charge in [0.05, 0.1) is 12.3 Å². The van der Waals surface area contributed by atoms with Gasteiger partial charge in [0.25, 0.3) is 5.91 Å². The van der Waals surface area contributed by atoms with Crippen molar-refractivity contribution in [3.8, 4) is 11.4 Å². The van der Waals surface area contributed by atoms with E-state index in [2.05, 4.69) is 20.6 Å². The molecule has 0 bridgehead atoms. The molecular weight excluding hydrogens is 475 g/mol. The van der Waals surface area contributed by atoms with E-state index in [0.29, 0.717) is 57.1 Å². The lowest BCUT2D eigenvalue weighted by Crippen LogP contribution is -2.55. The van der Waals surface area contributed by atoms with Gasteiger partial charge in [-0.15, -0.1) is 0 Å². The molecule has 12 nitrogen and oxygen atoms in total. The van der Waals surface area contributed by atoms with E-state index in [9.17, 15) is 29.0 Å². The number of carbonyl (C=O) groups is 2. The van der Waals surface area contributed by atoms with Gasteiger partial charge in [0.1, 0.15) is 17.6 Å². The fourth-order valence-electron chi connectivity index (χ4n) is 4.14. The lowest BCUT2D eigenvalue weighted by molar-refractivity contribution is -0.133. The summed E-state index contributed by atoms with van der Waals surface area (Å²) in [7, 11) is -4.61. The van der Waals surface area contributed by atoms with Crippen LogP contribution in [0.2, 0.25) is 0 Å². The zero-order valence-electron chi connectivity index (χ0n) is 19.1. The van der Waals surface area contributed by atoms with E-state index < -0.39 is 37.7 Å². The summed E-state index contributed by atoms with van der Waals surface area (Å²) in [5, 5.41) is 15.6. The number of aromatic nitrogens is 2. The predicted octanol–water partition coefficient (Wildman–Crippen LogP) is -0.577. The number of aliphatic hydroxyl groups is 1. The van der Waals surface area contributed by atoms with Crippen molar-refractivity contribution in [1.29, 1.82) is 0 Å². The molecule has 2 saturated heterocycles. The van der Waals surface area contributed by atoms with E-state index in [1.807, 2.05) is 23.1 Å². The zero-order chi connectivity index (χ0) is 25.0. The van der Waals surface area contributed by atoms with Crippen molar-refractivity contribution in [2.45, 2.75) is 18.6 Å². The second-order valence-electron chi connectivity index (χ2n) is 8.64. The maximum Gasteiger partial charge on any atom is 0.328 e. The Morgan fingerprint density at radius 1 is 1.14 bits per heavy atom. The fraction of sp³-hybridized carbons (Fsp3) is 0.455. The van der Waals surface area contributed by atoms with Crippen LogP contribution in [-0.4, -0.2) is 99.2 Å². The van der Waals surface area contributed by atoms with Crippen LogP contribution < -0.4 is 15.5 Å². The highest BCUT2D eigenvalue weighted by Gasteiger charge is 2.33. The Bertz CT molecular complexity index is 1110.